The summed E-state index contributed by atoms with van der Waals surface area (Å²) < 4.78 is 31.7. The van der Waals surface area contributed by atoms with Crippen LogP contribution >= 0.6 is 15.9 Å². The van der Waals surface area contributed by atoms with Gasteiger partial charge >= 0.3 is 0 Å². The van der Waals surface area contributed by atoms with E-state index in [0.717, 1.165) is 19.3 Å². The van der Waals surface area contributed by atoms with Crippen LogP contribution in [-0.4, -0.2) is 60.8 Å². The highest BCUT2D eigenvalue weighted by atomic mass is 79.9. The number of halogens is 2. The van der Waals surface area contributed by atoms with Crippen molar-refractivity contribution in [1.29, 1.82) is 0 Å². The van der Waals surface area contributed by atoms with Gasteiger partial charge in [-0.3, -0.25) is 4.79 Å². The highest BCUT2D eigenvalue weighted by molar-refractivity contribution is 9.10. The summed E-state index contributed by atoms with van der Waals surface area (Å²) in [6, 6.07) is 8.35. The van der Waals surface area contributed by atoms with Crippen molar-refractivity contribution in [2.45, 2.75) is 25.7 Å². The number of aromatic nitrogens is 2. The summed E-state index contributed by atoms with van der Waals surface area (Å²) in [6.07, 6.45) is 4.50. The average Bonchev–Trinajstić information content (AvgIpc) is 2.87. The van der Waals surface area contributed by atoms with E-state index < -0.39 is 5.82 Å². The van der Waals surface area contributed by atoms with E-state index in [4.69, 9.17) is 14.2 Å². The maximum Gasteiger partial charge on any atom is 0.222 e. The Morgan fingerprint density at radius 3 is 2.74 bits per heavy atom. The maximum atomic E-state index is 14.3. The van der Waals surface area contributed by atoms with Gasteiger partial charge in [-0.1, -0.05) is 15.9 Å². The smallest absolute Gasteiger partial charge is 0.222 e. The molecule has 1 amide bonds. The number of benzene rings is 2. The Kier molecular flexibility index (Phi) is 8.70. The molecule has 2 heterocycles. The molecule has 1 fully saturated rings. The topological polar surface area (TPSA) is 85.8 Å². The second kappa shape index (κ2) is 12.1. The van der Waals surface area contributed by atoms with E-state index >= 15 is 0 Å². The number of ether oxygens (including phenoxy) is 3. The number of morpholine rings is 1. The van der Waals surface area contributed by atoms with E-state index in [0.29, 0.717) is 77.7 Å². The Bertz CT molecular complexity index is 1170. The predicted octanol–water partition coefficient (Wildman–Crippen LogP) is 5.08. The fourth-order valence-electron chi connectivity index (χ4n) is 3.86. The molecule has 0 radical (unpaired) electrons. The van der Waals surface area contributed by atoms with Crippen LogP contribution in [0.15, 0.2) is 41.1 Å². The van der Waals surface area contributed by atoms with Crippen LogP contribution in [0, 0.1) is 5.82 Å². The minimum atomic E-state index is -0.398. The van der Waals surface area contributed by atoms with Gasteiger partial charge in [0.1, 0.15) is 18.0 Å². The lowest BCUT2D eigenvalue weighted by Crippen LogP contribution is -2.40. The number of anilines is 2. The number of amides is 1. The van der Waals surface area contributed by atoms with Gasteiger partial charge < -0.3 is 24.4 Å². The number of rotatable bonds is 10. The molecule has 1 aliphatic heterocycles. The molecule has 10 heteroatoms. The molecule has 1 N–H and O–H groups in total. The van der Waals surface area contributed by atoms with Gasteiger partial charge in [0.25, 0.3) is 0 Å². The number of carbonyl (C=O) groups excluding carboxylic acids is 1. The van der Waals surface area contributed by atoms with Crippen LogP contribution in [0.4, 0.5) is 15.9 Å². The van der Waals surface area contributed by atoms with Crippen LogP contribution in [0.5, 0.6) is 11.5 Å². The van der Waals surface area contributed by atoms with Gasteiger partial charge in [-0.05, 0) is 43.5 Å². The van der Waals surface area contributed by atoms with E-state index in [2.05, 4.69) is 31.2 Å². The number of nitrogens with one attached hydrogen (secondary N) is 1. The molecule has 2 aromatic carbocycles. The zero-order valence-corrected chi connectivity index (χ0v) is 21.1. The molecule has 0 spiro atoms. The zero-order chi connectivity index (χ0) is 24.6. The number of unbranched alkanes of at least 4 members (excludes halogenated alkanes) is 2. The number of fused-ring (bicyclic) bond motifs is 1. The van der Waals surface area contributed by atoms with E-state index in [-0.39, 0.29) is 5.91 Å². The minimum Gasteiger partial charge on any atom is -0.493 e. The molecule has 0 aliphatic carbocycles. The normalized spacial score (nSPS) is 13.6. The third-order valence-corrected chi connectivity index (χ3v) is 6.25. The summed E-state index contributed by atoms with van der Waals surface area (Å²) >= 11 is 3.26. The monoisotopic (exact) mass is 546 g/mol. The van der Waals surface area contributed by atoms with Gasteiger partial charge in [0, 0.05) is 35.4 Å². The van der Waals surface area contributed by atoms with Crippen molar-refractivity contribution < 1.29 is 23.4 Å². The first-order chi connectivity index (χ1) is 17.0. The summed E-state index contributed by atoms with van der Waals surface area (Å²) in [5, 5.41) is 3.71. The van der Waals surface area contributed by atoms with Crippen molar-refractivity contribution in [3.8, 4) is 11.5 Å². The largest absolute Gasteiger partial charge is 0.493 e. The lowest BCUT2D eigenvalue weighted by atomic mass is 10.1. The Morgan fingerprint density at radius 1 is 1.14 bits per heavy atom. The van der Waals surface area contributed by atoms with Crippen LogP contribution in [0.1, 0.15) is 25.7 Å². The Hall–Kier alpha value is -2.98. The maximum absolute atomic E-state index is 14.3. The van der Waals surface area contributed by atoms with E-state index in [1.807, 2.05) is 4.90 Å². The first-order valence-corrected chi connectivity index (χ1v) is 12.4. The number of hydrogen-bond donors (Lipinski definition) is 1. The highest BCUT2D eigenvalue weighted by Crippen LogP contribution is 2.35. The minimum absolute atomic E-state index is 0.192. The molecule has 4 rings (SSSR count). The lowest BCUT2D eigenvalue weighted by molar-refractivity contribution is -0.135. The standard InChI is InChI=1S/C25H28BrFN4O4/c1-33-22-14-18-21(28-16-29-25(18)30-20-7-6-17(26)13-19(20)27)15-23(22)35-10-4-2-3-5-24(32)31-8-11-34-12-9-31/h6-7,13-16H,2-5,8-12H2,1H3,(H,28,29,30). The summed E-state index contributed by atoms with van der Waals surface area (Å²) in [5.41, 5.74) is 0.950. The summed E-state index contributed by atoms with van der Waals surface area (Å²) in [7, 11) is 1.57. The van der Waals surface area contributed by atoms with Crippen molar-refractivity contribution in [2.75, 3.05) is 45.3 Å². The first kappa shape index (κ1) is 25.1. The number of hydrogen-bond acceptors (Lipinski definition) is 7. The van der Waals surface area contributed by atoms with Gasteiger partial charge in [-0.25, -0.2) is 14.4 Å². The van der Waals surface area contributed by atoms with E-state index in [1.165, 1.54) is 12.4 Å². The molecule has 1 aromatic heterocycles. The number of carbonyl (C=O) groups is 1. The SMILES string of the molecule is COc1cc2c(Nc3ccc(Br)cc3F)ncnc2cc1OCCCCCC(=O)N1CCOCC1. The molecule has 8 nitrogen and oxygen atoms in total. The quantitative estimate of drug-likeness (QED) is 0.355. The number of nitrogens with zero attached hydrogens (tertiary/aromatic N) is 3. The second-order valence-corrected chi connectivity index (χ2v) is 9.06. The Labute approximate surface area is 211 Å². The summed E-state index contributed by atoms with van der Waals surface area (Å²) in [5.74, 6) is 1.37. The number of methoxy groups -OCH3 is 1. The van der Waals surface area contributed by atoms with Crippen LogP contribution < -0.4 is 14.8 Å². The molecule has 186 valence electrons. The summed E-state index contributed by atoms with van der Waals surface area (Å²) in [4.78, 5) is 22.7. The third-order valence-electron chi connectivity index (χ3n) is 5.76. The molecule has 0 atom stereocenters. The average molecular weight is 547 g/mol. The van der Waals surface area contributed by atoms with Crippen LogP contribution in [0.3, 0.4) is 0 Å². The zero-order valence-electron chi connectivity index (χ0n) is 19.6. The van der Waals surface area contributed by atoms with Gasteiger partial charge in [0.2, 0.25) is 5.91 Å². The molecule has 35 heavy (non-hydrogen) atoms. The molecular weight excluding hydrogens is 519 g/mol. The van der Waals surface area contributed by atoms with Crippen molar-refractivity contribution in [3.63, 3.8) is 0 Å². The molecule has 0 saturated carbocycles. The van der Waals surface area contributed by atoms with Gasteiger partial charge in [-0.2, -0.15) is 0 Å². The first-order valence-electron chi connectivity index (χ1n) is 11.6. The van der Waals surface area contributed by atoms with Crippen molar-refractivity contribution in [3.05, 3.63) is 46.9 Å². The van der Waals surface area contributed by atoms with Gasteiger partial charge in [0.05, 0.1) is 38.1 Å². The highest BCUT2D eigenvalue weighted by Gasteiger charge is 2.16. The van der Waals surface area contributed by atoms with Gasteiger partial charge in [0.15, 0.2) is 11.5 Å². The van der Waals surface area contributed by atoms with Gasteiger partial charge in [-0.15, -0.1) is 0 Å². The van der Waals surface area contributed by atoms with Crippen molar-refractivity contribution >= 4 is 44.2 Å². The molecule has 0 bridgehead atoms. The summed E-state index contributed by atoms with van der Waals surface area (Å²) in [6.45, 7) is 3.10. The van der Waals surface area contributed by atoms with E-state index in [1.54, 1.807) is 31.4 Å². The predicted molar refractivity (Wildman–Crippen MR) is 135 cm³/mol. The molecular formula is C25H28BrFN4O4. The molecule has 1 saturated heterocycles. The molecule has 3 aromatic rings. The Morgan fingerprint density at radius 2 is 1.97 bits per heavy atom. The van der Waals surface area contributed by atoms with Crippen LogP contribution in [-0.2, 0) is 9.53 Å². The lowest BCUT2D eigenvalue weighted by Gasteiger charge is -2.26. The van der Waals surface area contributed by atoms with Crippen molar-refractivity contribution in [2.24, 2.45) is 0 Å². The second-order valence-electron chi connectivity index (χ2n) is 8.14. The molecule has 1 aliphatic rings. The van der Waals surface area contributed by atoms with E-state index in [9.17, 15) is 9.18 Å². The van der Waals surface area contributed by atoms with Crippen LogP contribution in [0.2, 0.25) is 0 Å². The van der Waals surface area contributed by atoms with Crippen LogP contribution in [0.25, 0.3) is 10.9 Å². The van der Waals surface area contributed by atoms with Crippen molar-refractivity contribution in [1.82, 2.24) is 14.9 Å². The Balaban J connectivity index is 1.35. The fourth-order valence-corrected chi connectivity index (χ4v) is 4.20. The fraction of sp³-hybridized carbons (Fsp3) is 0.400. The third kappa shape index (κ3) is 6.58. The molecule has 0 unspecified atom stereocenters.